The maximum Gasteiger partial charge on any atom is 0.261 e. The zero-order chi connectivity index (χ0) is 13.1. The zero-order valence-electron chi connectivity index (χ0n) is 10.0. The van der Waals surface area contributed by atoms with Crippen LogP contribution >= 0.6 is 11.6 Å². The molecule has 0 saturated carbocycles. The molecule has 18 heavy (non-hydrogen) atoms. The molecule has 0 saturated heterocycles. The molecule has 0 aromatic carbocycles. The van der Waals surface area contributed by atoms with Gasteiger partial charge in [-0.15, -0.1) is 0 Å². The number of halogens is 1. The minimum Gasteiger partial charge on any atom is -0.469 e. The van der Waals surface area contributed by atoms with E-state index in [2.05, 4.69) is 15.3 Å². The molecule has 94 valence electrons. The van der Waals surface area contributed by atoms with Crippen LogP contribution in [0.25, 0.3) is 0 Å². The summed E-state index contributed by atoms with van der Waals surface area (Å²) in [5, 5.41) is 2.89. The maximum atomic E-state index is 12.0. The summed E-state index contributed by atoms with van der Waals surface area (Å²) in [6.07, 6.45) is 2.13. The number of hydrogen-bond donors (Lipinski definition) is 1. The van der Waals surface area contributed by atoms with E-state index in [0.29, 0.717) is 28.6 Å². The van der Waals surface area contributed by atoms with Gasteiger partial charge in [-0.1, -0.05) is 18.5 Å². The number of anilines is 1. The van der Waals surface area contributed by atoms with Crippen LogP contribution in [0.3, 0.4) is 0 Å². The number of rotatable bonds is 3. The molecule has 0 radical (unpaired) electrons. The second kappa shape index (κ2) is 5.18. The SMILES string of the molecule is CCc1occc1C(=O)Nc1nc(C)cc(Cl)n1. The highest BCUT2D eigenvalue weighted by Crippen LogP contribution is 2.14. The molecule has 1 amide bonds. The Morgan fingerprint density at radius 1 is 1.50 bits per heavy atom. The van der Waals surface area contributed by atoms with Gasteiger partial charge in [-0.25, -0.2) is 9.97 Å². The van der Waals surface area contributed by atoms with Crippen molar-refractivity contribution in [3.63, 3.8) is 0 Å². The number of carbonyl (C=O) groups excluding carboxylic acids is 1. The lowest BCUT2D eigenvalue weighted by molar-refractivity contribution is 0.102. The third-order valence-corrected chi connectivity index (χ3v) is 2.55. The van der Waals surface area contributed by atoms with Crippen molar-refractivity contribution in [2.75, 3.05) is 5.32 Å². The fraction of sp³-hybridized carbons (Fsp3) is 0.250. The highest BCUT2D eigenvalue weighted by atomic mass is 35.5. The molecule has 0 atom stereocenters. The topological polar surface area (TPSA) is 68.0 Å². The van der Waals surface area contributed by atoms with E-state index in [0.717, 1.165) is 0 Å². The molecule has 2 rings (SSSR count). The fourth-order valence-corrected chi connectivity index (χ4v) is 1.81. The van der Waals surface area contributed by atoms with Crippen LogP contribution in [0.15, 0.2) is 22.8 Å². The smallest absolute Gasteiger partial charge is 0.261 e. The molecule has 0 spiro atoms. The third kappa shape index (κ3) is 2.68. The molecular weight excluding hydrogens is 254 g/mol. The van der Waals surface area contributed by atoms with E-state index in [1.54, 1.807) is 19.1 Å². The van der Waals surface area contributed by atoms with Crippen LogP contribution < -0.4 is 5.32 Å². The summed E-state index contributed by atoms with van der Waals surface area (Å²) in [6.45, 7) is 3.69. The predicted molar refractivity (Wildman–Crippen MR) is 67.8 cm³/mol. The van der Waals surface area contributed by atoms with Gasteiger partial charge in [0.25, 0.3) is 5.91 Å². The normalized spacial score (nSPS) is 10.4. The van der Waals surface area contributed by atoms with Gasteiger partial charge in [0, 0.05) is 12.1 Å². The first-order valence-electron chi connectivity index (χ1n) is 5.49. The summed E-state index contributed by atoms with van der Waals surface area (Å²) < 4.78 is 5.19. The molecule has 0 aliphatic carbocycles. The van der Waals surface area contributed by atoms with Crippen molar-refractivity contribution in [1.29, 1.82) is 0 Å². The quantitative estimate of drug-likeness (QED) is 0.867. The summed E-state index contributed by atoms with van der Waals surface area (Å²) in [6, 6.07) is 3.23. The van der Waals surface area contributed by atoms with E-state index in [9.17, 15) is 4.79 Å². The van der Waals surface area contributed by atoms with Crippen LogP contribution in [0.4, 0.5) is 5.95 Å². The Morgan fingerprint density at radius 3 is 2.94 bits per heavy atom. The van der Waals surface area contributed by atoms with Gasteiger partial charge in [0.2, 0.25) is 5.95 Å². The van der Waals surface area contributed by atoms with E-state index in [-0.39, 0.29) is 11.9 Å². The summed E-state index contributed by atoms with van der Waals surface area (Å²) in [4.78, 5) is 20.0. The number of furan rings is 1. The summed E-state index contributed by atoms with van der Waals surface area (Å²) >= 11 is 5.80. The first-order valence-corrected chi connectivity index (χ1v) is 5.87. The Morgan fingerprint density at radius 2 is 2.28 bits per heavy atom. The van der Waals surface area contributed by atoms with Crippen molar-refractivity contribution in [3.05, 3.63) is 40.6 Å². The molecule has 5 nitrogen and oxygen atoms in total. The molecular formula is C12H12ClN3O2. The molecule has 1 N–H and O–H groups in total. The number of hydrogen-bond acceptors (Lipinski definition) is 4. The Kier molecular flexibility index (Phi) is 3.62. The Hall–Kier alpha value is -1.88. The minimum absolute atomic E-state index is 0.188. The first-order chi connectivity index (χ1) is 8.60. The largest absolute Gasteiger partial charge is 0.469 e. The number of aromatic nitrogens is 2. The van der Waals surface area contributed by atoms with Crippen molar-refractivity contribution < 1.29 is 9.21 Å². The van der Waals surface area contributed by atoms with Gasteiger partial charge in [0.15, 0.2) is 0 Å². The molecule has 0 aliphatic heterocycles. The second-order valence-corrected chi connectivity index (χ2v) is 4.11. The van der Waals surface area contributed by atoms with Crippen LogP contribution in [-0.2, 0) is 6.42 Å². The van der Waals surface area contributed by atoms with Crippen molar-refractivity contribution >= 4 is 23.5 Å². The number of aryl methyl sites for hydroxylation is 2. The first kappa shape index (κ1) is 12.6. The molecule has 0 aliphatic rings. The molecule has 2 heterocycles. The van der Waals surface area contributed by atoms with Crippen molar-refractivity contribution in [2.24, 2.45) is 0 Å². The lowest BCUT2D eigenvalue weighted by Crippen LogP contribution is -2.15. The fourth-order valence-electron chi connectivity index (χ4n) is 1.57. The van der Waals surface area contributed by atoms with Crippen molar-refractivity contribution in [3.8, 4) is 0 Å². The highest BCUT2D eigenvalue weighted by Gasteiger charge is 2.14. The van der Waals surface area contributed by atoms with Crippen molar-refractivity contribution in [2.45, 2.75) is 20.3 Å². The zero-order valence-corrected chi connectivity index (χ0v) is 10.8. The van der Waals surface area contributed by atoms with E-state index in [4.69, 9.17) is 16.0 Å². The van der Waals surface area contributed by atoms with Crippen LogP contribution in [0.5, 0.6) is 0 Å². The van der Waals surface area contributed by atoms with Gasteiger partial charge in [0.1, 0.15) is 10.9 Å². The van der Waals surface area contributed by atoms with Crippen LogP contribution in [0.1, 0.15) is 28.7 Å². The van der Waals surface area contributed by atoms with E-state index >= 15 is 0 Å². The highest BCUT2D eigenvalue weighted by molar-refractivity contribution is 6.29. The van der Waals surface area contributed by atoms with E-state index in [1.165, 1.54) is 6.26 Å². The van der Waals surface area contributed by atoms with Crippen LogP contribution in [0, 0.1) is 6.92 Å². The Bertz CT molecular complexity index is 560. The number of nitrogens with one attached hydrogen (secondary N) is 1. The monoisotopic (exact) mass is 265 g/mol. The number of nitrogens with zero attached hydrogens (tertiary/aromatic N) is 2. The minimum atomic E-state index is -0.303. The van der Waals surface area contributed by atoms with Crippen LogP contribution in [-0.4, -0.2) is 15.9 Å². The molecule has 0 bridgehead atoms. The van der Waals surface area contributed by atoms with Gasteiger partial charge >= 0.3 is 0 Å². The molecule has 0 unspecified atom stereocenters. The van der Waals surface area contributed by atoms with Gasteiger partial charge in [-0.3, -0.25) is 10.1 Å². The summed E-state index contributed by atoms with van der Waals surface area (Å²) in [5.41, 5.74) is 1.17. The van der Waals surface area contributed by atoms with Crippen molar-refractivity contribution in [1.82, 2.24) is 9.97 Å². The predicted octanol–water partition coefficient (Wildman–Crippen LogP) is 2.85. The number of amides is 1. The Labute approximate surface area is 109 Å². The van der Waals surface area contributed by atoms with E-state index < -0.39 is 0 Å². The molecule has 6 heteroatoms. The standard InChI is InChI=1S/C12H12ClN3O2/c1-3-9-8(4-5-18-9)11(17)16-12-14-7(2)6-10(13)15-12/h4-6H,3H2,1-2H3,(H,14,15,16,17). The van der Waals surface area contributed by atoms with Gasteiger partial charge in [0.05, 0.1) is 11.8 Å². The maximum absolute atomic E-state index is 12.0. The second-order valence-electron chi connectivity index (χ2n) is 3.72. The van der Waals surface area contributed by atoms with Crippen LogP contribution in [0.2, 0.25) is 5.15 Å². The average molecular weight is 266 g/mol. The average Bonchev–Trinajstić information content (AvgIpc) is 2.75. The molecule has 0 fully saturated rings. The van der Waals surface area contributed by atoms with E-state index in [1.807, 2.05) is 6.92 Å². The van der Waals surface area contributed by atoms with Gasteiger partial charge in [-0.2, -0.15) is 0 Å². The Balaban J connectivity index is 2.21. The lowest BCUT2D eigenvalue weighted by atomic mass is 10.2. The number of carbonyl (C=O) groups is 1. The lowest BCUT2D eigenvalue weighted by Gasteiger charge is -2.04. The summed E-state index contributed by atoms with van der Waals surface area (Å²) in [5.74, 6) is 0.516. The molecule has 2 aromatic rings. The third-order valence-electron chi connectivity index (χ3n) is 2.36. The van der Waals surface area contributed by atoms with Gasteiger partial charge < -0.3 is 4.42 Å². The summed E-state index contributed by atoms with van der Waals surface area (Å²) in [7, 11) is 0. The molecule has 2 aromatic heterocycles. The van der Waals surface area contributed by atoms with Gasteiger partial charge in [-0.05, 0) is 19.1 Å².